The summed E-state index contributed by atoms with van der Waals surface area (Å²) in [5.41, 5.74) is 4.25. The van der Waals surface area contributed by atoms with E-state index >= 15 is 0 Å². The molecule has 9 aliphatic rings. The van der Waals surface area contributed by atoms with Gasteiger partial charge in [-0.25, -0.2) is 14.6 Å². The molecule has 10 aromatic rings. The number of hydrogen-bond donors (Lipinski definition) is 3. The van der Waals surface area contributed by atoms with Gasteiger partial charge in [-0.15, -0.1) is 10.2 Å². The van der Waals surface area contributed by atoms with E-state index in [9.17, 15) is 46.1 Å². The van der Waals surface area contributed by atoms with Crippen LogP contribution in [0.25, 0.3) is 22.0 Å². The molecule has 0 radical (unpaired) electrons. The number of aliphatic hydroxyl groups is 2. The summed E-state index contributed by atoms with van der Waals surface area (Å²) in [5, 5.41) is 30.9. The predicted octanol–water partition coefficient (Wildman–Crippen LogP) is 18.2. The van der Waals surface area contributed by atoms with Crippen molar-refractivity contribution in [2.45, 2.75) is 162 Å². The minimum absolute atomic E-state index is 0.0285. The fraction of sp³-hybridized carbons (Fsp3) is 0.521. The molecule has 0 bridgehead atoms. The zero-order chi connectivity index (χ0) is 89.4. The first-order chi connectivity index (χ1) is 59.6. The van der Waals surface area contributed by atoms with E-state index in [1.165, 1.54) is 107 Å². The fourth-order valence-electron chi connectivity index (χ4n) is 17.9. The van der Waals surface area contributed by atoms with Gasteiger partial charge in [-0.1, -0.05) is 113 Å². The predicted molar refractivity (Wildman–Crippen MR) is 483 cm³/mol. The fourth-order valence-corrected chi connectivity index (χ4v) is 18.5. The molecule has 678 valence electrons. The van der Waals surface area contributed by atoms with Crippen LogP contribution in [0.5, 0.6) is 0 Å². The van der Waals surface area contributed by atoms with E-state index < -0.39 is 40.5 Å². The first-order valence-corrected chi connectivity index (χ1v) is 45.1. The number of alkyl halides is 6. The van der Waals surface area contributed by atoms with Crippen LogP contribution in [0.3, 0.4) is 0 Å². The molecular formula is C94H121Cl4F6N15O6. The Morgan fingerprint density at radius 3 is 1.59 bits per heavy atom. The Kier molecular flexibility index (Phi) is 33.6. The van der Waals surface area contributed by atoms with Crippen molar-refractivity contribution in [1.29, 1.82) is 0 Å². The molecule has 13 heterocycles. The largest absolute Gasteiger partial charge is 0.461 e. The minimum atomic E-state index is -4.51. The highest BCUT2D eigenvalue weighted by molar-refractivity contribution is 6.32. The Balaban J connectivity index is 0.000000130. The van der Waals surface area contributed by atoms with Crippen LogP contribution in [0.15, 0.2) is 167 Å². The number of likely N-dealkylation sites (N-methyl/N-ethyl adjacent to an activating group) is 1. The molecule has 31 heteroatoms. The molecule has 0 amide bonds. The molecule has 9 aliphatic heterocycles. The first kappa shape index (κ1) is 96.4. The number of nitrogens with one attached hydrogen (secondary N) is 1. The van der Waals surface area contributed by atoms with Crippen molar-refractivity contribution >= 4 is 74.4 Å². The molecule has 19 rings (SSSR count). The number of para-hydroxylation sites is 3. The number of hydrogen-bond acceptors (Lipinski definition) is 17. The van der Waals surface area contributed by atoms with Crippen molar-refractivity contribution in [3.05, 3.63) is 240 Å². The van der Waals surface area contributed by atoms with E-state index in [2.05, 4.69) is 133 Å². The first-order valence-electron chi connectivity index (χ1n) is 43.6. The van der Waals surface area contributed by atoms with Crippen molar-refractivity contribution < 1.29 is 50.5 Å². The molecule has 6 aromatic carbocycles. The quantitative estimate of drug-likeness (QED) is 0.105. The van der Waals surface area contributed by atoms with E-state index in [4.69, 9.17) is 55.6 Å². The second-order valence-corrected chi connectivity index (χ2v) is 36.9. The number of likely N-dealkylation sites (tertiary alicyclic amines) is 7. The number of carbonyl (C=O) groups is 1. The van der Waals surface area contributed by atoms with Crippen molar-refractivity contribution in [2.24, 2.45) is 0 Å². The molecule has 125 heavy (non-hydrogen) atoms. The lowest BCUT2D eigenvalue weighted by molar-refractivity contribution is -0.148. The number of aromatic amines is 1. The third-order valence-corrected chi connectivity index (χ3v) is 27.0. The second kappa shape index (κ2) is 43.6. The van der Waals surface area contributed by atoms with Gasteiger partial charge in [-0.3, -0.25) is 9.47 Å². The number of esters is 1. The van der Waals surface area contributed by atoms with Gasteiger partial charge < -0.3 is 67.8 Å². The van der Waals surface area contributed by atoms with Crippen molar-refractivity contribution in [3.8, 4) is 0 Å². The Morgan fingerprint density at radius 1 is 0.488 bits per heavy atom. The molecule has 0 unspecified atom stereocenters. The lowest BCUT2D eigenvalue weighted by Gasteiger charge is -2.37. The highest BCUT2D eigenvalue weighted by atomic mass is 35.5. The maximum absolute atomic E-state index is 12.8. The highest BCUT2D eigenvalue weighted by Crippen LogP contribution is 2.46. The van der Waals surface area contributed by atoms with Gasteiger partial charge in [0.1, 0.15) is 22.8 Å². The summed E-state index contributed by atoms with van der Waals surface area (Å²) in [7, 11) is 16.7. The number of piperidine rings is 6. The van der Waals surface area contributed by atoms with E-state index in [1.807, 2.05) is 126 Å². The Morgan fingerprint density at radius 2 is 1.01 bits per heavy atom. The number of nitrogens with zero attached hydrogens (tertiary/aromatic N) is 14. The summed E-state index contributed by atoms with van der Waals surface area (Å²) in [6.45, 7) is 15.9. The minimum Gasteiger partial charge on any atom is -0.461 e. The van der Waals surface area contributed by atoms with Crippen LogP contribution < -0.4 is 5.69 Å². The molecule has 7 saturated heterocycles. The van der Waals surface area contributed by atoms with Crippen LogP contribution in [0.2, 0.25) is 20.1 Å². The normalized spacial score (nSPS) is 21.1. The third kappa shape index (κ3) is 26.1. The maximum Gasteiger partial charge on any atom is 0.451 e. The molecule has 1 spiro atoms. The molecular weight excluding hydrogens is 1690 g/mol. The number of halogens is 10. The molecule has 7 fully saturated rings. The van der Waals surface area contributed by atoms with Crippen molar-refractivity contribution in [2.75, 3.05) is 155 Å². The number of H-pyrrole nitrogens is 1. The summed E-state index contributed by atoms with van der Waals surface area (Å²) in [6.07, 6.45) is 11.8. The SMILES string of the molecule is CN1CCC(O)(c2ccc(Cl)c(C(F)(F)F)c2)CC1.CN1CCC(c2cc3ccccc3o2)CC1.CN1CCC(c2ccc(Cl)cc2)CC1.CN1CCC(n2c(=O)[nH]c3ccccc32)CC1.CN1CCC(n2ccnc2)CC1.CN1CCC2(CC1)OC(=O)c1cc(Cl)ccc12.CN1CCC[C@](O)(c2ccc(Cl)cc2)CC1.CN1CCn2c(nnc2C(F)(F)F)C1. The van der Waals surface area contributed by atoms with E-state index in [0.717, 1.165) is 139 Å². The lowest BCUT2D eigenvalue weighted by atomic mass is 9.84. The zero-order valence-corrected chi connectivity index (χ0v) is 76.0. The summed E-state index contributed by atoms with van der Waals surface area (Å²) in [5.74, 6) is 1.79. The van der Waals surface area contributed by atoms with Crippen LogP contribution >= 0.6 is 46.4 Å². The van der Waals surface area contributed by atoms with Crippen molar-refractivity contribution in [3.63, 3.8) is 0 Å². The number of carbonyl (C=O) groups excluding carboxylic acids is 1. The second-order valence-electron chi connectivity index (χ2n) is 35.2. The van der Waals surface area contributed by atoms with Gasteiger partial charge in [0, 0.05) is 115 Å². The van der Waals surface area contributed by atoms with Gasteiger partial charge in [0.05, 0.1) is 51.3 Å². The van der Waals surface area contributed by atoms with Gasteiger partial charge in [-0.05, 0) is 294 Å². The van der Waals surface area contributed by atoms with Gasteiger partial charge in [0.15, 0.2) is 0 Å². The van der Waals surface area contributed by atoms with Crippen LogP contribution in [-0.2, 0) is 47.0 Å². The Labute approximate surface area is 750 Å². The third-order valence-electron chi connectivity index (χ3n) is 26.0. The number of benzene rings is 6. The Bertz CT molecular complexity index is 5070. The Hall–Kier alpha value is -7.71. The van der Waals surface area contributed by atoms with Gasteiger partial charge >= 0.3 is 24.0 Å². The molecule has 21 nitrogen and oxygen atoms in total. The molecule has 0 aliphatic carbocycles. The van der Waals surface area contributed by atoms with E-state index in [0.29, 0.717) is 80.0 Å². The molecule has 0 saturated carbocycles. The van der Waals surface area contributed by atoms with Gasteiger partial charge in [0.25, 0.3) is 0 Å². The lowest BCUT2D eigenvalue weighted by Crippen LogP contribution is -2.40. The summed E-state index contributed by atoms with van der Waals surface area (Å²) < 4.78 is 92.4. The van der Waals surface area contributed by atoms with Crippen LogP contribution in [-0.4, -0.2) is 244 Å². The number of rotatable bonds is 6. The van der Waals surface area contributed by atoms with Gasteiger partial charge in [-0.2, -0.15) is 26.3 Å². The van der Waals surface area contributed by atoms with E-state index in [1.54, 1.807) is 6.07 Å². The molecule has 1 atom stereocenters. The number of fused-ring (bicyclic) bond motifs is 5. The van der Waals surface area contributed by atoms with Crippen molar-refractivity contribution in [1.82, 2.24) is 73.1 Å². The topological polar surface area (TPSA) is 192 Å². The zero-order valence-electron chi connectivity index (χ0n) is 73.0. The van der Waals surface area contributed by atoms with Crippen LogP contribution in [0.1, 0.15) is 176 Å². The number of ether oxygens (including phenoxy) is 1. The monoisotopic (exact) mass is 1810 g/mol. The average molecular weight is 1810 g/mol. The smallest absolute Gasteiger partial charge is 0.451 e. The highest BCUT2D eigenvalue weighted by Gasteiger charge is 2.47. The summed E-state index contributed by atoms with van der Waals surface area (Å²) >= 11 is 23.2. The number of furan rings is 1. The van der Waals surface area contributed by atoms with Crippen LogP contribution in [0.4, 0.5) is 26.3 Å². The standard InChI is InChI=1S/C14H17NO.C13H15ClF3NO.C13H14ClNO2.C13H18ClNO.C13H17N3O.C12H16ClN.C9H15N3.C7H9F3N4/c1-15-8-6-11(7-9-15)14-10-12-4-2-3-5-13(12)16-14;1-18-6-4-12(19,5-7-18)9-2-3-11(14)10(8-9)13(15,16)17;1-15-6-4-13(5-7-15)11-3-2-9(14)8-10(11)12(16)17-13;1-15-9-2-7-13(16,8-10-15)11-3-5-12(14)6-4-11;1-15-8-6-10(7-9-15)16-12-5-3-2-4-11(12)14-13(16)17;1-14-8-6-11(7-9-14)10-2-4-12(13)5-3-10;1-11-5-2-9(3-6-11)12-7-4-10-8-12;1-13-2-3-14-5(4-13)11-12-6(14)7(8,9)10/h2-5,10-11H,6-9H2,1H3;2-3,8,19H,4-7H2,1H3;2-3,8H,4-7H2,1H3;3-6,16H,2,7-10H2,1H3;2-5,10H,6-9H2,1H3,(H,14,17);2-5,11H,6-9H2,1H3;4,7-9H,2-3,5-6H2,1H3;2-4H2,1H3/t;;;13-;;;;/m...1..../s1. The number of imidazole rings is 2. The maximum atomic E-state index is 12.8. The molecule has 3 N–H and O–H groups in total. The summed E-state index contributed by atoms with van der Waals surface area (Å²) in [6, 6.07) is 44.5. The van der Waals surface area contributed by atoms with Crippen LogP contribution in [0, 0.1) is 0 Å². The van der Waals surface area contributed by atoms with Gasteiger partial charge in [0.2, 0.25) is 5.82 Å². The summed E-state index contributed by atoms with van der Waals surface area (Å²) in [4.78, 5) is 48.8. The average Bonchev–Trinajstić information content (AvgIpc) is 1.61. The number of aromatic nitrogens is 7. The molecule has 4 aromatic heterocycles. The van der Waals surface area contributed by atoms with E-state index in [-0.39, 0.29) is 22.2 Å².